The summed E-state index contributed by atoms with van der Waals surface area (Å²) in [4.78, 5) is 13.2. The van der Waals surface area contributed by atoms with Crippen LogP contribution in [0.4, 0.5) is 0 Å². The Balaban J connectivity index is 1.28. The third-order valence-corrected chi connectivity index (χ3v) is 15.6. The van der Waals surface area contributed by atoms with E-state index in [0.29, 0.717) is 6.42 Å². The molecule has 3 heterocycles. The zero-order valence-corrected chi connectivity index (χ0v) is 52.2. The molecule has 0 saturated carbocycles. The fraction of sp³-hybridized carbons (Fsp3) is 0.721. The molecule has 0 radical (unpaired) electrons. The summed E-state index contributed by atoms with van der Waals surface area (Å²) in [6, 6.07) is -0.976. The van der Waals surface area contributed by atoms with Crippen molar-refractivity contribution in [3.05, 3.63) is 109 Å². The molecule has 0 aliphatic carbocycles. The van der Waals surface area contributed by atoms with Gasteiger partial charge < -0.3 is 89.9 Å². The molecular weight excluding hydrogens is 1120 g/mol. The monoisotopic (exact) mass is 1230 g/mol. The molecule has 0 aromatic rings. The van der Waals surface area contributed by atoms with Crippen LogP contribution in [0.3, 0.4) is 0 Å². The third-order valence-electron chi connectivity index (χ3n) is 15.6. The van der Waals surface area contributed by atoms with E-state index in [1.165, 1.54) is 44.9 Å². The summed E-state index contributed by atoms with van der Waals surface area (Å²) in [7, 11) is 0. The van der Waals surface area contributed by atoms with Gasteiger partial charge in [0.05, 0.1) is 38.6 Å². The van der Waals surface area contributed by atoms with E-state index < -0.39 is 124 Å². The smallest absolute Gasteiger partial charge is 0.220 e. The number of carbonyl (C=O) groups is 1. The molecule has 3 aliphatic rings. The van der Waals surface area contributed by atoms with Crippen molar-refractivity contribution in [3.8, 4) is 0 Å². The second-order valence-corrected chi connectivity index (χ2v) is 22.8. The van der Waals surface area contributed by atoms with Crippen molar-refractivity contribution in [2.45, 2.75) is 285 Å². The van der Waals surface area contributed by atoms with Crippen LogP contribution in [-0.4, -0.2) is 193 Å². The Hall–Kier alpha value is -3.55. The largest absolute Gasteiger partial charge is 0.394 e. The average Bonchev–Trinajstić information content (AvgIpc) is 2.33. The first-order chi connectivity index (χ1) is 42.3. The van der Waals surface area contributed by atoms with Crippen LogP contribution in [0.15, 0.2) is 109 Å². The van der Waals surface area contributed by atoms with Gasteiger partial charge in [0.25, 0.3) is 0 Å². The normalized spacial score (nSPS) is 29.3. The SMILES string of the molecule is CC/C=C\C/C=C\C/C=C\C/C=C\C/C=C\C/C=C\C/C=C\C/C=C\CCCCCCCCCCCCCCC(=O)NC(COC1OC(CO)C(OC2OC(CO)C(OC3OC(CO)C(O)C(O)C3O)C(O)C2O)C(O)C1O)C(O)/C=C/CCCCC. The fourth-order valence-corrected chi connectivity index (χ4v) is 10.3. The molecule has 1 amide bonds. The predicted octanol–water partition coefficient (Wildman–Crippen LogP) is 7.49. The van der Waals surface area contributed by atoms with Crippen molar-refractivity contribution in [3.63, 3.8) is 0 Å². The van der Waals surface area contributed by atoms with Crippen LogP contribution in [0, 0.1) is 0 Å². The second-order valence-electron chi connectivity index (χ2n) is 22.8. The molecule has 0 bridgehead atoms. The Bertz CT molecular complexity index is 2000. The Morgan fingerprint density at radius 3 is 1.24 bits per heavy atom. The summed E-state index contributed by atoms with van der Waals surface area (Å²) in [6.07, 6.45) is 38.8. The van der Waals surface area contributed by atoms with Gasteiger partial charge in [0.1, 0.15) is 73.2 Å². The number of amides is 1. The second kappa shape index (κ2) is 49.2. The lowest BCUT2D eigenvalue weighted by molar-refractivity contribution is -0.379. The molecule has 17 atom stereocenters. The molecule has 3 aliphatic heterocycles. The molecule has 87 heavy (non-hydrogen) atoms. The highest BCUT2D eigenvalue weighted by atomic mass is 16.8. The molecule has 0 spiro atoms. The molecular formula is C68H113NO18. The van der Waals surface area contributed by atoms with E-state index in [1.807, 2.05) is 6.08 Å². The molecule has 0 aromatic heterocycles. The van der Waals surface area contributed by atoms with E-state index in [1.54, 1.807) is 6.08 Å². The molecule has 12 N–H and O–H groups in total. The summed E-state index contributed by atoms with van der Waals surface area (Å²) < 4.78 is 34.1. The highest BCUT2D eigenvalue weighted by Crippen LogP contribution is 2.33. The van der Waals surface area contributed by atoms with Crippen molar-refractivity contribution < 1.29 is 89.4 Å². The first-order valence-electron chi connectivity index (χ1n) is 32.6. The van der Waals surface area contributed by atoms with Gasteiger partial charge >= 0.3 is 0 Å². The number of hydrogen-bond acceptors (Lipinski definition) is 18. The maximum Gasteiger partial charge on any atom is 0.220 e. The van der Waals surface area contributed by atoms with Gasteiger partial charge in [-0.25, -0.2) is 0 Å². The summed E-state index contributed by atoms with van der Waals surface area (Å²) in [6.45, 7) is 1.45. The van der Waals surface area contributed by atoms with Crippen LogP contribution in [0.5, 0.6) is 0 Å². The van der Waals surface area contributed by atoms with Gasteiger partial charge in [0.2, 0.25) is 5.91 Å². The number of carbonyl (C=O) groups excluding carboxylic acids is 1. The topological polar surface area (TPSA) is 307 Å². The van der Waals surface area contributed by atoms with Gasteiger partial charge in [-0.1, -0.05) is 200 Å². The molecule has 17 unspecified atom stereocenters. The zero-order chi connectivity index (χ0) is 63.3. The molecule has 3 rings (SSSR count). The molecule has 3 saturated heterocycles. The average molecular weight is 1230 g/mol. The number of allylic oxidation sites excluding steroid dienone is 17. The number of rotatable bonds is 47. The summed E-state index contributed by atoms with van der Waals surface area (Å²) >= 11 is 0. The minimum absolute atomic E-state index is 0.233. The van der Waals surface area contributed by atoms with E-state index in [0.717, 1.165) is 109 Å². The zero-order valence-electron chi connectivity index (χ0n) is 52.2. The van der Waals surface area contributed by atoms with Crippen LogP contribution in [-0.2, 0) is 33.2 Å². The first-order valence-corrected chi connectivity index (χ1v) is 32.6. The number of ether oxygens (including phenoxy) is 6. The first kappa shape index (κ1) is 77.7. The van der Waals surface area contributed by atoms with Gasteiger partial charge in [0.15, 0.2) is 18.9 Å². The van der Waals surface area contributed by atoms with E-state index >= 15 is 0 Å². The van der Waals surface area contributed by atoms with Crippen molar-refractivity contribution in [2.24, 2.45) is 0 Å². The highest BCUT2D eigenvalue weighted by Gasteiger charge is 2.53. The summed E-state index contributed by atoms with van der Waals surface area (Å²) in [5, 5.41) is 120. The minimum atomic E-state index is -1.98. The Labute approximate surface area is 519 Å². The fourth-order valence-electron chi connectivity index (χ4n) is 10.3. The quantitative estimate of drug-likeness (QED) is 0.0207. The van der Waals surface area contributed by atoms with Crippen LogP contribution < -0.4 is 5.32 Å². The number of aliphatic hydroxyl groups excluding tert-OH is 11. The Kier molecular flexibility index (Phi) is 43.9. The molecule has 3 fully saturated rings. The van der Waals surface area contributed by atoms with Crippen molar-refractivity contribution >= 4 is 5.91 Å². The maximum atomic E-state index is 13.2. The van der Waals surface area contributed by atoms with Gasteiger partial charge in [0, 0.05) is 6.42 Å². The highest BCUT2D eigenvalue weighted by molar-refractivity contribution is 5.76. The van der Waals surface area contributed by atoms with Crippen molar-refractivity contribution in [1.82, 2.24) is 5.32 Å². The lowest BCUT2D eigenvalue weighted by Gasteiger charge is -2.48. The van der Waals surface area contributed by atoms with Gasteiger partial charge in [-0.2, -0.15) is 0 Å². The van der Waals surface area contributed by atoms with Crippen LogP contribution >= 0.6 is 0 Å². The third kappa shape index (κ3) is 31.8. The van der Waals surface area contributed by atoms with Crippen molar-refractivity contribution in [2.75, 3.05) is 26.4 Å². The number of nitrogens with one attached hydrogen (secondary N) is 1. The van der Waals surface area contributed by atoms with Crippen molar-refractivity contribution in [1.29, 1.82) is 0 Å². The van der Waals surface area contributed by atoms with Gasteiger partial charge in [-0.05, 0) is 83.5 Å². The summed E-state index contributed by atoms with van der Waals surface area (Å²) in [5.74, 6) is -0.291. The van der Waals surface area contributed by atoms with Crippen LogP contribution in [0.25, 0.3) is 0 Å². The minimum Gasteiger partial charge on any atom is -0.394 e. The number of aliphatic hydroxyl groups is 11. The predicted molar refractivity (Wildman–Crippen MR) is 337 cm³/mol. The summed E-state index contributed by atoms with van der Waals surface area (Å²) in [5.41, 5.74) is 0. The Morgan fingerprint density at radius 1 is 0.425 bits per heavy atom. The van der Waals surface area contributed by atoms with Crippen LogP contribution in [0.2, 0.25) is 0 Å². The van der Waals surface area contributed by atoms with Gasteiger partial charge in [-0.15, -0.1) is 0 Å². The van der Waals surface area contributed by atoms with E-state index in [2.05, 4.69) is 116 Å². The lowest BCUT2D eigenvalue weighted by Crippen LogP contribution is -2.66. The van der Waals surface area contributed by atoms with E-state index in [-0.39, 0.29) is 18.9 Å². The Morgan fingerprint density at radius 2 is 0.793 bits per heavy atom. The number of hydrogen-bond donors (Lipinski definition) is 12. The number of unbranched alkanes of at least 4 members (excludes halogenated alkanes) is 15. The van der Waals surface area contributed by atoms with E-state index in [9.17, 15) is 61.0 Å². The van der Waals surface area contributed by atoms with Crippen LogP contribution in [0.1, 0.15) is 181 Å². The standard InChI is InChI=1S/C68H113NO18/c1-3-5-7-9-10-11-12-13-14-15-16-17-18-19-20-21-22-23-24-25-26-27-28-29-30-31-32-33-34-35-36-37-38-39-40-42-44-46-56(74)69-51(52(73)45-43-41-8-6-4-2)50-82-66-62(80)59(77)64(54(48-71)84-66)87-68-63(81)60(78)65(55(49-72)85-68)86-67-61(79)58(76)57(75)53(47-70)83-67/h5,7,10-11,13-14,16-17,19-20,22-23,25-26,28-29,43,45,51-55,57-68,70-73,75-81H,3-4,6,8-9,12,15,18,21,24,27,30-42,44,46-50H2,1-2H3,(H,69,74)/b7-5-,11-10-,14-13-,17-16-,20-19-,23-22-,26-25-,29-28-,45-43+. The molecule has 0 aromatic carbocycles. The molecule has 498 valence electrons. The lowest BCUT2D eigenvalue weighted by atomic mass is 9.96. The molecule has 19 nitrogen and oxygen atoms in total. The van der Waals surface area contributed by atoms with E-state index in [4.69, 9.17) is 28.4 Å². The maximum absolute atomic E-state index is 13.2. The molecule has 19 heteroatoms. The van der Waals surface area contributed by atoms with Gasteiger partial charge in [-0.3, -0.25) is 4.79 Å².